The molecule has 0 unspecified atom stereocenters. The molecular weight excluding hydrogens is 444 g/mol. The third-order valence-corrected chi connectivity index (χ3v) is 8.91. The van der Waals surface area contributed by atoms with Gasteiger partial charge >= 0.3 is 0 Å². The first kappa shape index (κ1) is 24.2. The lowest BCUT2D eigenvalue weighted by molar-refractivity contribution is 0.654. The van der Waals surface area contributed by atoms with Crippen molar-refractivity contribution in [2.45, 2.75) is 79.1 Å². The molecule has 0 atom stereocenters. The normalized spacial score (nSPS) is 15.2. The average Bonchev–Trinajstić information content (AvgIpc) is 3.45. The highest BCUT2D eigenvalue weighted by Gasteiger charge is 2.40. The zero-order valence-corrected chi connectivity index (χ0v) is 23.1. The summed E-state index contributed by atoms with van der Waals surface area (Å²) in [5.74, 6) is 0. The number of allylic oxidation sites excluding steroid dienone is 4. The van der Waals surface area contributed by atoms with E-state index in [9.17, 15) is 0 Å². The van der Waals surface area contributed by atoms with Crippen molar-refractivity contribution in [1.29, 1.82) is 0 Å². The minimum absolute atomic E-state index is 0.0342. The first-order valence-corrected chi connectivity index (χ1v) is 14.5. The van der Waals surface area contributed by atoms with E-state index in [0.717, 1.165) is 12.8 Å². The lowest BCUT2D eigenvalue weighted by Gasteiger charge is -2.33. The fourth-order valence-corrected chi connectivity index (χ4v) is 7.24. The van der Waals surface area contributed by atoms with Crippen LogP contribution in [0.15, 0.2) is 83.9 Å². The highest BCUT2D eigenvalue weighted by Crippen LogP contribution is 2.56. The molecule has 37 heavy (non-hydrogen) atoms. The Morgan fingerprint density at radius 3 is 1.32 bits per heavy atom. The van der Waals surface area contributed by atoms with Crippen LogP contribution in [0, 0.1) is 5.41 Å². The summed E-state index contributed by atoms with van der Waals surface area (Å²) in [6.07, 6.45) is 9.67. The van der Waals surface area contributed by atoms with Crippen molar-refractivity contribution in [2.24, 2.45) is 5.41 Å². The van der Waals surface area contributed by atoms with E-state index < -0.39 is 0 Å². The van der Waals surface area contributed by atoms with Crippen molar-refractivity contribution in [2.75, 3.05) is 0 Å². The van der Waals surface area contributed by atoms with E-state index in [-0.39, 0.29) is 5.41 Å². The summed E-state index contributed by atoms with van der Waals surface area (Å²) in [4.78, 5) is 0. The van der Waals surface area contributed by atoms with Crippen molar-refractivity contribution in [3.8, 4) is 0 Å². The Bertz CT molecular complexity index is 1440. The van der Waals surface area contributed by atoms with Gasteiger partial charge < -0.3 is 0 Å². The summed E-state index contributed by atoms with van der Waals surface area (Å²) in [6.45, 7) is 9.71. The van der Waals surface area contributed by atoms with E-state index in [4.69, 9.17) is 0 Å². The van der Waals surface area contributed by atoms with E-state index in [2.05, 4.69) is 100 Å². The summed E-state index contributed by atoms with van der Waals surface area (Å²) in [6, 6.07) is 27.8. The van der Waals surface area contributed by atoms with Crippen LogP contribution in [0.5, 0.6) is 0 Å². The van der Waals surface area contributed by atoms with Gasteiger partial charge in [0.05, 0.1) is 0 Å². The van der Waals surface area contributed by atoms with E-state index >= 15 is 0 Å². The third-order valence-electron chi connectivity index (χ3n) is 8.91. The second kappa shape index (κ2) is 9.64. The molecule has 188 valence electrons. The fourth-order valence-electron chi connectivity index (χ4n) is 7.24. The SMILES string of the molecule is CCCCC1=C(C(C)(C)C2=C(CCCC)Cc3cc4ccccc4cc32)c2cc3ccccc3cc2C1. The second-order valence-electron chi connectivity index (χ2n) is 11.9. The Balaban J connectivity index is 1.56. The van der Waals surface area contributed by atoms with Crippen molar-refractivity contribution < 1.29 is 0 Å². The lowest BCUT2D eigenvalue weighted by Crippen LogP contribution is -2.18. The van der Waals surface area contributed by atoms with Gasteiger partial charge in [0, 0.05) is 5.41 Å². The van der Waals surface area contributed by atoms with Crippen molar-refractivity contribution in [1.82, 2.24) is 0 Å². The van der Waals surface area contributed by atoms with Crippen LogP contribution < -0.4 is 0 Å². The number of hydrogen-bond acceptors (Lipinski definition) is 0. The molecule has 2 aliphatic carbocycles. The van der Waals surface area contributed by atoms with Crippen LogP contribution in [-0.2, 0) is 12.8 Å². The van der Waals surface area contributed by atoms with Gasteiger partial charge in [0.25, 0.3) is 0 Å². The highest BCUT2D eigenvalue weighted by molar-refractivity contribution is 5.99. The van der Waals surface area contributed by atoms with Gasteiger partial charge in [-0.15, -0.1) is 0 Å². The molecule has 0 saturated heterocycles. The standard InChI is InChI=1S/C37H40/c1-5-7-13-29-21-31-19-25-15-9-11-17-27(25)23-33(31)35(29)37(3,4)36-30(14-8-6-2)22-32-20-26-16-10-12-18-28(26)24-34(32)36/h9-12,15-20,23-24H,5-8,13-14,21-22H2,1-4H3. The average molecular weight is 485 g/mol. The molecule has 0 heterocycles. The van der Waals surface area contributed by atoms with Gasteiger partial charge in [-0.3, -0.25) is 0 Å². The Morgan fingerprint density at radius 1 is 0.568 bits per heavy atom. The molecule has 4 aromatic carbocycles. The van der Waals surface area contributed by atoms with Gasteiger partial charge in [-0.1, -0.05) is 112 Å². The lowest BCUT2D eigenvalue weighted by atomic mass is 9.70. The molecule has 0 N–H and O–H groups in total. The third kappa shape index (κ3) is 4.15. The quantitative estimate of drug-likeness (QED) is 0.233. The molecule has 0 bridgehead atoms. The number of rotatable bonds is 8. The van der Waals surface area contributed by atoms with E-state index in [1.807, 2.05) is 0 Å². The zero-order chi connectivity index (χ0) is 25.6. The predicted molar refractivity (Wildman–Crippen MR) is 162 cm³/mol. The molecule has 0 heteroatoms. The topological polar surface area (TPSA) is 0 Å². The van der Waals surface area contributed by atoms with Gasteiger partial charge in [-0.25, -0.2) is 0 Å². The maximum absolute atomic E-state index is 2.53. The first-order valence-electron chi connectivity index (χ1n) is 14.5. The summed E-state index contributed by atoms with van der Waals surface area (Å²) >= 11 is 0. The molecule has 2 aliphatic rings. The zero-order valence-electron chi connectivity index (χ0n) is 23.1. The Labute approximate surface area is 223 Å². The summed E-state index contributed by atoms with van der Waals surface area (Å²) in [5.41, 5.74) is 12.6. The van der Waals surface area contributed by atoms with Crippen molar-refractivity contribution in [3.05, 3.63) is 106 Å². The smallest absolute Gasteiger partial charge is 0.0157 e. The van der Waals surface area contributed by atoms with Crippen LogP contribution in [0.2, 0.25) is 0 Å². The molecule has 0 radical (unpaired) electrons. The molecule has 0 fully saturated rings. The monoisotopic (exact) mass is 484 g/mol. The van der Waals surface area contributed by atoms with Crippen molar-refractivity contribution in [3.63, 3.8) is 0 Å². The van der Waals surface area contributed by atoms with Crippen LogP contribution in [0.4, 0.5) is 0 Å². The Hall–Kier alpha value is -3.12. The van der Waals surface area contributed by atoms with Crippen LogP contribution in [0.25, 0.3) is 32.7 Å². The van der Waals surface area contributed by atoms with Gasteiger partial charge in [0.2, 0.25) is 0 Å². The molecule has 6 rings (SSSR count). The largest absolute Gasteiger partial charge is 0.0654 e. The summed E-state index contributed by atoms with van der Waals surface area (Å²) in [7, 11) is 0. The number of unbranched alkanes of at least 4 members (excludes halogenated alkanes) is 2. The van der Waals surface area contributed by atoms with Crippen LogP contribution >= 0.6 is 0 Å². The van der Waals surface area contributed by atoms with Crippen LogP contribution in [-0.4, -0.2) is 0 Å². The van der Waals surface area contributed by atoms with E-state index in [0.29, 0.717) is 0 Å². The maximum atomic E-state index is 2.53. The van der Waals surface area contributed by atoms with Gasteiger partial charge in [0.1, 0.15) is 0 Å². The molecule has 0 aliphatic heterocycles. The molecule has 0 spiro atoms. The van der Waals surface area contributed by atoms with Crippen LogP contribution in [0.1, 0.15) is 88.5 Å². The van der Waals surface area contributed by atoms with E-state index in [1.165, 1.54) is 82.3 Å². The minimum atomic E-state index is -0.0342. The van der Waals surface area contributed by atoms with Crippen molar-refractivity contribution >= 4 is 32.7 Å². The summed E-state index contributed by atoms with van der Waals surface area (Å²) in [5, 5.41) is 5.47. The molecule has 0 saturated carbocycles. The molecule has 0 amide bonds. The predicted octanol–water partition coefficient (Wildman–Crippen LogP) is 10.7. The number of benzene rings is 4. The van der Waals surface area contributed by atoms with Gasteiger partial charge in [-0.2, -0.15) is 0 Å². The molecular formula is C37H40. The fraction of sp³-hybridized carbons (Fsp3) is 0.351. The van der Waals surface area contributed by atoms with Gasteiger partial charge in [-0.05, 0) is 106 Å². The number of fused-ring (bicyclic) bond motifs is 4. The highest BCUT2D eigenvalue weighted by atomic mass is 14.4. The van der Waals surface area contributed by atoms with Crippen LogP contribution in [0.3, 0.4) is 0 Å². The molecule has 4 aromatic rings. The van der Waals surface area contributed by atoms with E-state index in [1.54, 1.807) is 22.3 Å². The molecule has 0 nitrogen and oxygen atoms in total. The second-order valence-corrected chi connectivity index (χ2v) is 11.9. The van der Waals surface area contributed by atoms with Gasteiger partial charge in [0.15, 0.2) is 0 Å². The molecule has 0 aromatic heterocycles. The maximum Gasteiger partial charge on any atom is 0.0157 e. The summed E-state index contributed by atoms with van der Waals surface area (Å²) < 4.78 is 0. The Kier molecular flexibility index (Phi) is 6.31. The number of hydrogen-bond donors (Lipinski definition) is 0. The minimum Gasteiger partial charge on any atom is -0.0654 e. The Morgan fingerprint density at radius 2 is 0.946 bits per heavy atom. The first-order chi connectivity index (χ1) is 18.0.